The smallest absolute Gasteiger partial charge is 0.308 e. The van der Waals surface area contributed by atoms with Crippen LogP contribution in [0, 0.1) is 5.82 Å². The van der Waals surface area contributed by atoms with E-state index in [-0.39, 0.29) is 5.82 Å². The summed E-state index contributed by atoms with van der Waals surface area (Å²) in [4.78, 5) is 16.0. The molecular weight excluding hydrogens is 313 g/mol. The molecule has 0 atom stereocenters. The van der Waals surface area contributed by atoms with Gasteiger partial charge in [0.15, 0.2) is 5.13 Å². The van der Waals surface area contributed by atoms with Crippen LogP contribution in [0.4, 0.5) is 20.0 Å². The van der Waals surface area contributed by atoms with E-state index in [1.165, 1.54) is 23.5 Å². The number of hydrogen-bond acceptors (Lipinski definition) is 3. The van der Waals surface area contributed by atoms with Crippen LogP contribution in [0.5, 0.6) is 0 Å². The van der Waals surface area contributed by atoms with Gasteiger partial charge in [-0.05, 0) is 36.4 Å². The number of carbonyl (C=O) groups is 1. The maximum atomic E-state index is 13.1. The number of nitrogens with zero attached hydrogens (tertiary/aromatic N) is 1. The second-order valence-corrected chi connectivity index (χ2v) is 5.68. The second kappa shape index (κ2) is 5.67. The first-order valence-corrected chi connectivity index (χ1v) is 7.19. The van der Waals surface area contributed by atoms with E-state index in [0.717, 1.165) is 4.70 Å². The molecule has 3 aromatic rings. The molecular formula is C14H9ClFN3OS. The zero-order valence-electron chi connectivity index (χ0n) is 10.6. The van der Waals surface area contributed by atoms with Crippen molar-refractivity contribution in [2.45, 2.75) is 0 Å². The fourth-order valence-electron chi connectivity index (χ4n) is 1.75. The Morgan fingerprint density at radius 2 is 1.90 bits per heavy atom. The van der Waals surface area contributed by atoms with Gasteiger partial charge < -0.3 is 5.32 Å². The average Bonchev–Trinajstić information content (AvgIpc) is 2.82. The SMILES string of the molecule is O=C(Nc1ccc(Cl)cc1)Nc1nc2cc(F)ccc2s1. The van der Waals surface area contributed by atoms with E-state index in [4.69, 9.17) is 11.6 Å². The number of thiazole rings is 1. The van der Waals surface area contributed by atoms with Crippen LogP contribution in [-0.2, 0) is 0 Å². The highest BCUT2D eigenvalue weighted by atomic mass is 35.5. The van der Waals surface area contributed by atoms with Crippen LogP contribution >= 0.6 is 22.9 Å². The number of anilines is 2. The fraction of sp³-hybridized carbons (Fsp3) is 0. The maximum absolute atomic E-state index is 13.1. The predicted octanol–water partition coefficient (Wildman–Crippen LogP) is 4.73. The van der Waals surface area contributed by atoms with Crippen LogP contribution in [-0.4, -0.2) is 11.0 Å². The number of carbonyl (C=O) groups excluding carboxylic acids is 1. The Hall–Kier alpha value is -2.18. The molecule has 4 nitrogen and oxygen atoms in total. The van der Waals surface area contributed by atoms with Gasteiger partial charge in [-0.3, -0.25) is 5.32 Å². The van der Waals surface area contributed by atoms with Crippen LogP contribution in [0.3, 0.4) is 0 Å². The summed E-state index contributed by atoms with van der Waals surface area (Å²) in [6.07, 6.45) is 0. The van der Waals surface area contributed by atoms with Gasteiger partial charge in [0.2, 0.25) is 0 Å². The van der Waals surface area contributed by atoms with E-state index in [2.05, 4.69) is 15.6 Å². The topological polar surface area (TPSA) is 54.0 Å². The first-order valence-electron chi connectivity index (χ1n) is 6.00. The summed E-state index contributed by atoms with van der Waals surface area (Å²) in [6.45, 7) is 0. The van der Waals surface area contributed by atoms with E-state index in [0.29, 0.717) is 21.4 Å². The second-order valence-electron chi connectivity index (χ2n) is 4.22. The third-order valence-electron chi connectivity index (χ3n) is 2.67. The minimum absolute atomic E-state index is 0.357. The molecule has 0 bridgehead atoms. The largest absolute Gasteiger partial charge is 0.325 e. The van der Waals surface area contributed by atoms with Gasteiger partial charge in [-0.2, -0.15) is 0 Å². The molecule has 0 aliphatic carbocycles. The normalized spacial score (nSPS) is 10.6. The Morgan fingerprint density at radius 3 is 2.67 bits per heavy atom. The van der Waals surface area contributed by atoms with Gasteiger partial charge in [0.25, 0.3) is 0 Å². The van der Waals surface area contributed by atoms with Crippen LogP contribution in [0.25, 0.3) is 10.2 Å². The van der Waals surface area contributed by atoms with Crippen molar-refractivity contribution < 1.29 is 9.18 Å². The highest BCUT2D eigenvalue weighted by Gasteiger charge is 2.08. The lowest BCUT2D eigenvalue weighted by atomic mass is 10.3. The Kier molecular flexibility index (Phi) is 3.72. The Balaban J connectivity index is 1.72. The number of hydrogen-bond donors (Lipinski definition) is 2. The van der Waals surface area contributed by atoms with Gasteiger partial charge in [0, 0.05) is 16.8 Å². The van der Waals surface area contributed by atoms with Crippen LogP contribution in [0.15, 0.2) is 42.5 Å². The molecule has 2 N–H and O–H groups in total. The number of aromatic nitrogens is 1. The van der Waals surface area contributed by atoms with Gasteiger partial charge in [0.05, 0.1) is 10.2 Å². The third-order valence-corrected chi connectivity index (χ3v) is 3.88. The van der Waals surface area contributed by atoms with Crippen molar-refractivity contribution >= 4 is 50.0 Å². The highest BCUT2D eigenvalue weighted by molar-refractivity contribution is 7.22. The summed E-state index contributed by atoms with van der Waals surface area (Å²) in [5.41, 5.74) is 1.13. The standard InChI is InChI=1S/C14H9ClFN3OS/c15-8-1-4-10(5-2-8)17-13(20)19-14-18-11-7-9(16)3-6-12(11)21-14/h1-7H,(H2,17,18,19,20). The van der Waals surface area contributed by atoms with E-state index in [1.807, 2.05) is 0 Å². The molecule has 0 saturated carbocycles. The number of halogens is 2. The molecule has 0 aliphatic rings. The van der Waals surface area contributed by atoms with Crippen LogP contribution < -0.4 is 10.6 Å². The Morgan fingerprint density at radius 1 is 1.14 bits per heavy atom. The number of urea groups is 1. The first kappa shape index (κ1) is 13.8. The number of nitrogens with one attached hydrogen (secondary N) is 2. The zero-order chi connectivity index (χ0) is 14.8. The van der Waals surface area contributed by atoms with Crippen molar-refractivity contribution in [3.63, 3.8) is 0 Å². The molecule has 0 saturated heterocycles. The van der Waals surface area contributed by atoms with Crippen molar-refractivity contribution in [2.24, 2.45) is 0 Å². The Bertz CT molecular complexity index is 804. The van der Waals surface area contributed by atoms with Gasteiger partial charge in [-0.1, -0.05) is 22.9 Å². The fourth-order valence-corrected chi connectivity index (χ4v) is 2.71. The van der Waals surface area contributed by atoms with Crippen molar-refractivity contribution in [2.75, 3.05) is 10.6 Å². The first-order chi connectivity index (χ1) is 10.1. The van der Waals surface area contributed by atoms with E-state index >= 15 is 0 Å². The lowest BCUT2D eigenvalue weighted by molar-refractivity contribution is 0.262. The third kappa shape index (κ3) is 3.29. The number of benzene rings is 2. The number of amides is 2. The monoisotopic (exact) mass is 321 g/mol. The summed E-state index contributed by atoms with van der Waals surface area (Å²) in [5.74, 6) is -0.357. The quantitative estimate of drug-likeness (QED) is 0.716. The molecule has 0 spiro atoms. The lowest BCUT2D eigenvalue weighted by Crippen LogP contribution is -2.19. The van der Waals surface area contributed by atoms with Gasteiger partial charge in [0.1, 0.15) is 5.82 Å². The van der Waals surface area contributed by atoms with Gasteiger partial charge in [-0.15, -0.1) is 0 Å². The summed E-state index contributed by atoms with van der Waals surface area (Å²) >= 11 is 7.05. The molecule has 2 aromatic carbocycles. The van der Waals surface area contributed by atoms with E-state index < -0.39 is 6.03 Å². The molecule has 0 aliphatic heterocycles. The maximum Gasteiger partial charge on any atom is 0.325 e. The van der Waals surface area contributed by atoms with Crippen molar-refractivity contribution in [1.82, 2.24) is 4.98 Å². The molecule has 106 valence electrons. The summed E-state index contributed by atoms with van der Waals surface area (Å²) in [5, 5.41) is 6.27. The molecule has 3 rings (SSSR count). The highest BCUT2D eigenvalue weighted by Crippen LogP contribution is 2.26. The molecule has 0 radical (unpaired) electrons. The Labute approximate surface area is 128 Å². The molecule has 7 heteroatoms. The van der Waals surface area contributed by atoms with Crippen molar-refractivity contribution in [3.8, 4) is 0 Å². The minimum Gasteiger partial charge on any atom is -0.308 e. The summed E-state index contributed by atoms with van der Waals surface area (Å²) < 4.78 is 13.9. The minimum atomic E-state index is -0.420. The number of rotatable bonds is 2. The van der Waals surface area contributed by atoms with Crippen molar-refractivity contribution in [1.29, 1.82) is 0 Å². The molecule has 1 heterocycles. The van der Waals surface area contributed by atoms with Crippen LogP contribution in [0.2, 0.25) is 5.02 Å². The molecule has 0 unspecified atom stereocenters. The van der Waals surface area contributed by atoms with Crippen molar-refractivity contribution in [3.05, 3.63) is 53.3 Å². The van der Waals surface area contributed by atoms with E-state index in [9.17, 15) is 9.18 Å². The number of fused-ring (bicyclic) bond motifs is 1. The molecule has 0 fully saturated rings. The average molecular weight is 322 g/mol. The molecule has 1 aromatic heterocycles. The summed E-state index contributed by atoms with van der Waals surface area (Å²) in [6, 6.07) is 10.6. The predicted molar refractivity (Wildman–Crippen MR) is 83.7 cm³/mol. The molecule has 21 heavy (non-hydrogen) atoms. The van der Waals surface area contributed by atoms with E-state index in [1.54, 1.807) is 30.3 Å². The van der Waals surface area contributed by atoms with Crippen LogP contribution in [0.1, 0.15) is 0 Å². The lowest BCUT2D eigenvalue weighted by Gasteiger charge is -2.04. The zero-order valence-corrected chi connectivity index (χ0v) is 12.1. The summed E-state index contributed by atoms with van der Waals surface area (Å²) in [7, 11) is 0. The van der Waals surface area contributed by atoms with Gasteiger partial charge in [-0.25, -0.2) is 14.2 Å². The molecule has 2 amide bonds. The van der Waals surface area contributed by atoms with Gasteiger partial charge >= 0.3 is 6.03 Å².